The highest BCUT2D eigenvalue weighted by atomic mass is 16.5. The monoisotopic (exact) mass is 602 g/mol. The van der Waals surface area contributed by atoms with Crippen LogP contribution in [-0.2, 0) is 9.53 Å². The molecule has 1 fully saturated rings. The summed E-state index contributed by atoms with van der Waals surface area (Å²) in [5.74, 6) is 2.93. The van der Waals surface area contributed by atoms with E-state index in [4.69, 9.17) is 14.5 Å². The number of carbonyl (C=O) groups excluding carboxylic acids is 1. The van der Waals surface area contributed by atoms with E-state index in [0.29, 0.717) is 18.4 Å². The fraction of sp³-hybridized carbons (Fsp3) is 0.421. The Labute approximate surface area is 264 Å². The molecular formula is C38H42N4O3. The number of aromatic nitrogens is 4. The fourth-order valence-electron chi connectivity index (χ4n) is 7.15. The van der Waals surface area contributed by atoms with E-state index in [1.807, 2.05) is 30.5 Å². The molecule has 7 rings (SSSR count). The highest BCUT2D eigenvalue weighted by Gasteiger charge is 2.40. The van der Waals surface area contributed by atoms with E-state index < -0.39 is 0 Å². The van der Waals surface area contributed by atoms with Crippen LogP contribution < -0.4 is 4.74 Å². The van der Waals surface area contributed by atoms with Crippen LogP contribution >= 0.6 is 0 Å². The third kappa shape index (κ3) is 6.58. The molecule has 1 N–H and O–H groups in total. The smallest absolute Gasteiger partial charge is 0.309 e. The number of unbranched alkanes of at least 4 members (excludes halogenated alkanes) is 8. The largest absolute Gasteiger partial charge is 0.494 e. The Morgan fingerprint density at radius 1 is 0.733 bits per heavy atom. The number of imidazole rings is 1. The number of ether oxygens (including phenoxy) is 2. The van der Waals surface area contributed by atoms with E-state index in [0.717, 1.165) is 88.7 Å². The van der Waals surface area contributed by atoms with Crippen LogP contribution in [0.25, 0.3) is 44.2 Å². The van der Waals surface area contributed by atoms with Crippen molar-refractivity contribution in [3.8, 4) is 17.1 Å². The van der Waals surface area contributed by atoms with Crippen molar-refractivity contribution in [3.63, 3.8) is 0 Å². The molecule has 0 radical (unpaired) electrons. The number of hydrogen-bond acceptors (Lipinski definition) is 6. The molecule has 45 heavy (non-hydrogen) atoms. The van der Waals surface area contributed by atoms with Gasteiger partial charge in [0, 0.05) is 28.7 Å². The lowest BCUT2D eigenvalue weighted by Gasteiger charge is -2.16. The number of H-pyrrole nitrogens is 1. The summed E-state index contributed by atoms with van der Waals surface area (Å²) in [5, 5.41) is 2.02. The summed E-state index contributed by atoms with van der Waals surface area (Å²) in [7, 11) is 0. The van der Waals surface area contributed by atoms with Gasteiger partial charge in [0.25, 0.3) is 0 Å². The third-order valence-corrected chi connectivity index (χ3v) is 9.58. The second kappa shape index (κ2) is 13.8. The van der Waals surface area contributed by atoms with Gasteiger partial charge in [-0.3, -0.25) is 14.8 Å². The number of fused-ring (bicyclic) bond motifs is 8. The van der Waals surface area contributed by atoms with Gasteiger partial charge in [-0.2, -0.15) is 0 Å². The number of pyridine rings is 2. The SMILES string of the molecule is O=C(OCCCCCCCCCCCOc1ccc(-c2nc3c4cccnc4c4ncccc4c3[nH]2)cc1)C1CC2C=CC1C2. The van der Waals surface area contributed by atoms with Gasteiger partial charge < -0.3 is 14.5 Å². The molecule has 0 amide bonds. The van der Waals surface area contributed by atoms with E-state index in [9.17, 15) is 4.79 Å². The summed E-state index contributed by atoms with van der Waals surface area (Å²) in [4.78, 5) is 30.0. The Balaban J connectivity index is 0.780. The Bertz CT molecular complexity index is 1720. The molecule has 2 aliphatic carbocycles. The first-order valence-corrected chi connectivity index (χ1v) is 16.8. The number of allylic oxidation sites excluding steroid dienone is 2. The van der Waals surface area contributed by atoms with E-state index in [2.05, 4.69) is 51.4 Å². The van der Waals surface area contributed by atoms with Crippen LogP contribution in [0.5, 0.6) is 5.75 Å². The van der Waals surface area contributed by atoms with Gasteiger partial charge in [-0.15, -0.1) is 0 Å². The summed E-state index contributed by atoms with van der Waals surface area (Å²) >= 11 is 0. The highest BCUT2D eigenvalue weighted by Crippen LogP contribution is 2.44. The molecule has 7 nitrogen and oxygen atoms in total. The topological polar surface area (TPSA) is 90.0 Å². The van der Waals surface area contributed by atoms with Crippen molar-refractivity contribution in [1.82, 2.24) is 19.9 Å². The van der Waals surface area contributed by atoms with Crippen molar-refractivity contribution in [2.75, 3.05) is 13.2 Å². The average molecular weight is 603 g/mol. The Morgan fingerprint density at radius 3 is 2.09 bits per heavy atom. The molecule has 2 bridgehead atoms. The second-order valence-electron chi connectivity index (χ2n) is 12.7. The molecule has 7 heteroatoms. The van der Waals surface area contributed by atoms with Gasteiger partial charge in [0.15, 0.2) is 0 Å². The first-order valence-electron chi connectivity index (χ1n) is 16.8. The molecule has 2 aliphatic rings. The molecule has 0 spiro atoms. The average Bonchev–Trinajstić information content (AvgIpc) is 3.84. The van der Waals surface area contributed by atoms with Crippen LogP contribution in [0.2, 0.25) is 0 Å². The van der Waals surface area contributed by atoms with Crippen LogP contribution in [-0.4, -0.2) is 39.1 Å². The molecule has 0 aliphatic heterocycles. The van der Waals surface area contributed by atoms with Crippen molar-refractivity contribution in [3.05, 3.63) is 73.1 Å². The van der Waals surface area contributed by atoms with E-state index >= 15 is 0 Å². The molecule has 3 atom stereocenters. The Kier molecular flexibility index (Phi) is 9.03. The number of esters is 1. The first-order chi connectivity index (χ1) is 22.2. The van der Waals surface area contributed by atoms with Crippen LogP contribution in [0, 0.1) is 17.8 Å². The van der Waals surface area contributed by atoms with Gasteiger partial charge in [-0.25, -0.2) is 4.98 Å². The summed E-state index contributed by atoms with van der Waals surface area (Å²) in [5.41, 5.74) is 4.67. The van der Waals surface area contributed by atoms with Gasteiger partial charge >= 0.3 is 5.97 Å². The predicted molar refractivity (Wildman–Crippen MR) is 179 cm³/mol. The number of carbonyl (C=O) groups is 1. The van der Waals surface area contributed by atoms with Gasteiger partial charge in [0.05, 0.1) is 41.2 Å². The third-order valence-electron chi connectivity index (χ3n) is 9.58. The minimum Gasteiger partial charge on any atom is -0.494 e. The molecule has 1 saturated carbocycles. The van der Waals surface area contributed by atoms with E-state index in [1.54, 1.807) is 6.20 Å². The van der Waals surface area contributed by atoms with Crippen molar-refractivity contribution < 1.29 is 14.3 Å². The maximum Gasteiger partial charge on any atom is 0.309 e. The maximum atomic E-state index is 12.3. The lowest BCUT2D eigenvalue weighted by Crippen LogP contribution is -2.21. The molecule has 0 saturated heterocycles. The lowest BCUT2D eigenvalue weighted by atomic mass is 9.94. The summed E-state index contributed by atoms with van der Waals surface area (Å²) < 4.78 is 11.6. The summed E-state index contributed by atoms with van der Waals surface area (Å²) in [6.07, 6.45) is 20.9. The zero-order chi connectivity index (χ0) is 30.4. The van der Waals surface area contributed by atoms with E-state index in [1.165, 1.54) is 38.5 Å². The first kappa shape index (κ1) is 29.5. The minimum absolute atomic E-state index is 0.0367. The normalized spacial score (nSPS) is 18.8. The number of nitrogens with one attached hydrogen (secondary N) is 1. The summed E-state index contributed by atoms with van der Waals surface area (Å²) in [6, 6.07) is 16.2. The van der Waals surface area contributed by atoms with Crippen LogP contribution in [0.4, 0.5) is 0 Å². The van der Waals surface area contributed by atoms with Crippen LogP contribution in [0.15, 0.2) is 73.1 Å². The molecule has 5 aromatic rings. The van der Waals surface area contributed by atoms with Gasteiger partial charge in [0.2, 0.25) is 0 Å². The van der Waals surface area contributed by atoms with Gasteiger partial charge in [-0.1, -0.05) is 57.1 Å². The number of hydrogen-bond donors (Lipinski definition) is 1. The number of rotatable bonds is 15. The van der Waals surface area contributed by atoms with Crippen molar-refractivity contribution in [1.29, 1.82) is 0 Å². The lowest BCUT2D eigenvalue weighted by molar-refractivity contribution is -0.149. The predicted octanol–water partition coefficient (Wildman–Crippen LogP) is 8.97. The second-order valence-corrected chi connectivity index (χ2v) is 12.7. The quantitative estimate of drug-likeness (QED) is 0.0557. The number of benzene rings is 2. The zero-order valence-electron chi connectivity index (χ0n) is 25.9. The van der Waals surface area contributed by atoms with Crippen LogP contribution in [0.3, 0.4) is 0 Å². The summed E-state index contributed by atoms with van der Waals surface area (Å²) in [6.45, 7) is 1.32. The van der Waals surface area contributed by atoms with Crippen LogP contribution in [0.1, 0.15) is 70.6 Å². The molecular weight excluding hydrogens is 560 g/mol. The number of aromatic amines is 1. The van der Waals surface area contributed by atoms with E-state index in [-0.39, 0.29) is 11.9 Å². The maximum absolute atomic E-state index is 12.3. The number of nitrogens with zero attached hydrogens (tertiary/aromatic N) is 3. The minimum atomic E-state index is 0.0367. The zero-order valence-corrected chi connectivity index (χ0v) is 25.9. The molecule has 3 unspecified atom stereocenters. The standard InChI is InChI=1S/C38H42N4O3/c43-38(32-25-26-14-15-28(32)24-26)45-23-9-7-5-3-1-2-4-6-8-22-44-29-18-16-27(17-19-29)37-41-35-30-12-10-20-39-33(30)34-31(36(35)42-37)13-11-21-40-34/h10-21,26,28,32H,1-9,22-25H2,(H,41,42). The van der Waals surface area contributed by atoms with Crippen molar-refractivity contribution >= 4 is 38.8 Å². The fourth-order valence-corrected chi connectivity index (χ4v) is 7.15. The van der Waals surface area contributed by atoms with Gasteiger partial charge in [0.1, 0.15) is 11.6 Å². The van der Waals surface area contributed by atoms with Crippen molar-refractivity contribution in [2.45, 2.75) is 70.6 Å². The molecule has 232 valence electrons. The Morgan fingerprint density at radius 2 is 1.40 bits per heavy atom. The van der Waals surface area contributed by atoms with Crippen molar-refractivity contribution in [2.24, 2.45) is 17.8 Å². The molecule has 3 heterocycles. The Hall–Kier alpha value is -4.26. The highest BCUT2D eigenvalue weighted by molar-refractivity contribution is 6.21. The molecule has 2 aromatic carbocycles. The molecule has 3 aromatic heterocycles. The van der Waals surface area contributed by atoms with Gasteiger partial charge in [-0.05, 0) is 86.1 Å².